The SMILES string of the molecule is CO.COc1ccc2c(c1)C(=O)N(c1nc(C(=O)Nc3cnccc3N3CCNCC3)cs1)C2. The van der Waals surface area contributed by atoms with Crippen molar-refractivity contribution in [2.45, 2.75) is 6.54 Å². The van der Waals surface area contributed by atoms with E-state index in [2.05, 4.69) is 25.5 Å². The first-order valence-electron chi connectivity index (χ1n) is 10.7. The topological polar surface area (TPSA) is 120 Å². The molecular weight excluding hydrogens is 456 g/mol. The van der Waals surface area contributed by atoms with Gasteiger partial charge in [-0.2, -0.15) is 0 Å². The Kier molecular flexibility index (Phi) is 7.36. The van der Waals surface area contributed by atoms with Gasteiger partial charge >= 0.3 is 0 Å². The van der Waals surface area contributed by atoms with Crippen LogP contribution in [0.25, 0.3) is 0 Å². The van der Waals surface area contributed by atoms with E-state index in [1.165, 1.54) is 11.3 Å². The number of benzene rings is 1. The first-order valence-corrected chi connectivity index (χ1v) is 11.6. The van der Waals surface area contributed by atoms with Gasteiger partial charge in [0.2, 0.25) is 0 Å². The van der Waals surface area contributed by atoms with E-state index in [0.29, 0.717) is 28.7 Å². The molecule has 3 N–H and O–H groups in total. The molecule has 2 amide bonds. The molecule has 1 saturated heterocycles. The summed E-state index contributed by atoms with van der Waals surface area (Å²) in [6.45, 7) is 3.92. The number of amides is 2. The molecule has 2 aliphatic heterocycles. The van der Waals surface area contributed by atoms with Crippen LogP contribution in [-0.2, 0) is 6.54 Å². The first kappa shape index (κ1) is 23.6. The van der Waals surface area contributed by atoms with Gasteiger partial charge < -0.3 is 25.4 Å². The van der Waals surface area contributed by atoms with Crippen LogP contribution in [0.1, 0.15) is 26.4 Å². The highest BCUT2D eigenvalue weighted by molar-refractivity contribution is 7.14. The summed E-state index contributed by atoms with van der Waals surface area (Å²) < 4.78 is 5.23. The number of anilines is 3. The van der Waals surface area contributed by atoms with Gasteiger partial charge in [0.15, 0.2) is 5.13 Å². The van der Waals surface area contributed by atoms with E-state index in [0.717, 1.165) is 44.5 Å². The first-order chi connectivity index (χ1) is 16.6. The molecule has 0 saturated carbocycles. The summed E-state index contributed by atoms with van der Waals surface area (Å²) in [4.78, 5) is 38.2. The second-order valence-corrected chi connectivity index (χ2v) is 8.35. The summed E-state index contributed by atoms with van der Waals surface area (Å²) in [6, 6.07) is 7.36. The quantitative estimate of drug-likeness (QED) is 0.505. The molecule has 2 aliphatic rings. The molecule has 0 radical (unpaired) electrons. The fourth-order valence-electron chi connectivity index (χ4n) is 3.91. The summed E-state index contributed by atoms with van der Waals surface area (Å²) in [7, 11) is 2.57. The number of rotatable bonds is 5. The molecule has 3 aromatic rings. The lowest BCUT2D eigenvalue weighted by molar-refractivity contribution is 0.0991. The van der Waals surface area contributed by atoms with E-state index in [9.17, 15) is 9.59 Å². The predicted molar refractivity (Wildman–Crippen MR) is 131 cm³/mol. The molecule has 0 unspecified atom stereocenters. The number of aliphatic hydroxyl groups is 1. The lowest BCUT2D eigenvalue weighted by Gasteiger charge is -2.30. The number of hydrogen-bond donors (Lipinski definition) is 3. The molecule has 11 heteroatoms. The molecule has 0 atom stereocenters. The average Bonchev–Trinajstić information content (AvgIpc) is 3.51. The van der Waals surface area contributed by atoms with E-state index in [1.54, 1.807) is 35.8 Å². The van der Waals surface area contributed by atoms with Gasteiger partial charge in [-0.25, -0.2) is 4.98 Å². The summed E-state index contributed by atoms with van der Waals surface area (Å²) in [5.74, 6) is 0.158. The fourth-order valence-corrected chi connectivity index (χ4v) is 4.71. The van der Waals surface area contributed by atoms with E-state index in [-0.39, 0.29) is 17.5 Å². The van der Waals surface area contributed by atoms with Crippen molar-refractivity contribution in [3.63, 3.8) is 0 Å². The number of carbonyl (C=O) groups is 2. The van der Waals surface area contributed by atoms with Crippen LogP contribution >= 0.6 is 11.3 Å². The number of thiazole rings is 1. The Morgan fingerprint density at radius 3 is 2.79 bits per heavy atom. The van der Waals surface area contributed by atoms with Crippen LogP contribution in [0.3, 0.4) is 0 Å². The summed E-state index contributed by atoms with van der Waals surface area (Å²) in [5.41, 5.74) is 3.35. The summed E-state index contributed by atoms with van der Waals surface area (Å²) in [5, 5.41) is 15.4. The Hall–Kier alpha value is -3.54. The number of hydrogen-bond acceptors (Lipinski definition) is 9. The number of aromatic nitrogens is 2. The maximum atomic E-state index is 12.9. The van der Waals surface area contributed by atoms with Gasteiger partial charge in [0.05, 0.1) is 31.2 Å². The van der Waals surface area contributed by atoms with Crippen LogP contribution in [0.2, 0.25) is 0 Å². The number of fused-ring (bicyclic) bond motifs is 1. The van der Waals surface area contributed by atoms with Gasteiger partial charge in [-0.3, -0.25) is 19.5 Å². The molecule has 4 heterocycles. The number of pyridine rings is 1. The third-order valence-corrected chi connectivity index (χ3v) is 6.44. The van der Waals surface area contributed by atoms with Crippen molar-refractivity contribution in [2.24, 2.45) is 0 Å². The van der Waals surface area contributed by atoms with Gasteiger partial charge in [0.1, 0.15) is 11.4 Å². The monoisotopic (exact) mass is 482 g/mol. The van der Waals surface area contributed by atoms with Crippen molar-refractivity contribution in [2.75, 3.05) is 55.5 Å². The zero-order valence-electron chi connectivity index (χ0n) is 18.9. The molecule has 10 nitrogen and oxygen atoms in total. The van der Waals surface area contributed by atoms with Crippen LogP contribution in [0.5, 0.6) is 5.75 Å². The molecule has 0 spiro atoms. The van der Waals surface area contributed by atoms with E-state index in [4.69, 9.17) is 9.84 Å². The largest absolute Gasteiger partial charge is 0.497 e. The maximum Gasteiger partial charge on any atom is 0.275 e. The van der Waals surface area contributed by atoms with Crippen LogP contribution in [-0.4, -0.2) is 67.3 Å². The number of carbonyl (C=O) groups excluding carboxylic acids is 2. The Bertz CT molecular complexity index is 1180. The number of piperazine rings is 1. The van der Waals surface area contributed by atoms with Gasteiger partial charge in [-0.1, -0.05) is 6.07 Å². The summed E-state index contributed by atoms with van der Waals surface area (Å²) >= 11 is 1.27. The third kappa shape index (κ3) is 4.72. The van der Waals surface area contributed by atoms with E-state index in [1.807, 2.05) is 18.2 Å². The molecule has 1 fully saturated rings. The van der Waals surface area contributed by atoms with Crippen molar-refractivity contribution >= 4 is 39.7 Å². The smallest absolute Gasteiger partial charge is 0.275 e. The van der Waals surface area contributed by atoms with Gasteiger partial charge in [0.25, 0.3) is 11.8 Å². The standard InChI is InChI=1S/C22H22N6O3S.CH4O/c1-31-15-3-2-14-12-28(21(30)16(14)10-15)22-26-18(13-32-22)20(29)25-17-11-24-5-4-19(17)27-8-6-23-7-9-27;1-2/h2-5,10-11,13,23H,6-9,12H2,1H3,(H,25,29);2H,1H3. The van der Waals surface area contributed by atoms with Crippen molar-refractivity contribution in [1.29, 1.82) is 0 Å². The van der Waals surface area contributed by atoms with E-state index >= 15 is 0 Å². The molecule has 178 valence electrons. The highest BCUT2D eigenvalue weighted by Crippen LogP contribution is 2.33. The number of methoxy groups -OCH3 is 1. The van der Waals surface area contributed by atoms with Crippen molar-refractivity contribution in [1.82, 2.24) is 15.3 Å². The van der Waals surface area contributed by atoms with Gasteiger partial charge in [-0.05, 0) is 23.8 Å². The highest BCUT2D eigenvalue weighted by Gasteiger charge is 2.31. The Morgan fingerprint density at radius 1 is 1.24 bits per heavy atom. The average molecular weight is 483 g/mol. The molecule has 0 bridgehead atoms. The van der Waals surface area contributed by atoms with Crippen LogP contribution < -0.4 is 25.2 Å². The zero-order valence-corrected chi connectivity index (χ0v) is 19.8. The minimum atomic E-state index is -0.331. The second kappa shape index (κ2) is 10.6. The van der Waals surface area contributed by atoms with Gasteiger partial charge in [-0.15, -0.1) is 11.3 Å². The lowest BCUT2D eigenvalue weighted by Crippen LogP contribution is -2.43. The Morgan fingerprint density at radius 2 is 2.03 bits per heavy atom. The molecule has 0 aliphatic carbocycles. The molecule has 5 rings (SSSR count). The van der Waals surface area contributed by atoms with Gasteiger partial charge in [0, 0.05) is 50.4 Å². The minimum absolute atomic E-state index is 0.145. The lowest BCUT2D eigenvalue weighted by atomic mass is 10.1. The summed E-state index contributed by atoms with van der Waals surface area (Å²) in [6.07, 6.45) is 3.37. The number of ether oxygens (including phenoxy) is 1. The Labute approximate surface area is 201 Å². The number of nitrogens with one attached hydrogen (secondary N) is 2. The van der Waals surface area contributed by atoms with Crippen molar-refractivity contribution in [3.05, 3.63) is 58.9 Å². The van der Waals surface area contributed by atoms with E-state index < -0.39 is 0 Å². The normalized spacial score (nSPS) is 14.9. The molecule has 1 aromatic carbocycles. The van der Waals surface area contributed by atoms with Crippen molar-refractivity contribution in [3.8, 4) is 5.75 Å². The highest BCUT2D eigenvalue weighted by atomic mass is 32.1. The predicted octanol–water partition coefficient (Wildman–Crippen LogP) is 1.98. The molecular formula is C23H26N6O4S. The van der Waals surface area contributed by atoms with Crippen LogP contribution in [0.4, 0.5) is 16.5 Å². The number of nitrogens with zero attached hydrogens (tertiary/aromatic N) is 4. The zero-order chi connectivity index (χ0) is 24.1. The maximum absolute atomic E-state index is 12.9. The second-order valence-electron chi connectivity index (χ2n) is 7.51. The minimum Gasteiger partial charge on any atom is -0.497 e. The van der Waals surface area contributed by atoms with Crippen molar-refractivity contribution < 1.29 is 19.4 Å². The van der Waals surface area contributed by atoms with Crippen LogP contribution in [0.15, 0.2) is 42.0 Å². The number of aliphatic hydroxyl groups excluding tert-OH is 1. The van der Waals surface area contributed by atoms with Crippen LogP contribution in [0, 0.1) is 0 Å². The fraction of sp³-hybridized carbons (Fsp3) is 0.304. The molecule has 2 aromatic heterocycles. The Balaban J connectivity index is 0.00000133. The molecule has 34 heavy (non-hydrogen) atoms. The third-order valence-electron chi connectivity index (χ3n) is 5.58.